The van der Waals surface area contributed by atoms with Crippen LogP contribution in [0.1, 0.15) is 11.5 Å². The van der Waals surface area contributed by atoms with E-state index < -0.39 is 40.8 Å². The second-order valence-electron chi connectivity index (χ2n) is 3.84. The van der Waals surface area contributed by atoms with Crippen molar-refractivity contribution in [3.05, 3.63) is 35.9 Å². The maximum atomic E-state index is 11.9. The molecule has 20 heavy (non-hydrogen) atoms. The molecule has 0 aliphatic carbocycles. The van der Waals surface area contributed by atoms with Crippen LogP contribution in [0.5, 0.6) is 0 Å². The summed E-state index contributed by atoms with van der Waals surface area (Å²) in [6, 6.07) is 8.16. The van der Waals surface area contributed by atoms with Gasteiger partial charge in [-0.25, -0.2) is 0 Å². The second kappa shape index (κ2) is 7.18. The van der Waals surface area contributed by atoms with Gasteiger partial charge in [-0.2, -0.15) is 13.2 Å². The van der Waals surface area contributed by atoms with Gasteiger partial charge in [-0.05, 0) is 17.3 Å². The van der Waals surface area contributed by atoms with Gasteiger partial charge < -0.3 is 10.4 Å². The van der Waals surface area contributed by atoms with Crippen molar-refractivity contribution < 1.29 is 27.9 Å². The summed E-state index contributed by atoms with van der Waals surface area (Å²) in [4.78, 5) is 22.3. The Labute approximate surface area is 117 Å². The van der Waals surface area contributed by atoms with Crippen molar-refractivity contribution in [1.82, 2.24) is 5.32 Å². The molecule has 2 N–H and O–H groups in total. The number of amides is 1. The van der Waals surface area contributed by atoms with E-state index in [4.69, 9.17) is 5.11 Å². The van der Waals surface area contributed by atoms with Crippen LogP contribution in [0.25, 0.3) is 0 Å². The quantitative estimate of drug-likeness (QED) is 0.846. The van der Waals surface area contributed by atoms with E-state index in [1.807, 2.05) is 0 Å². The summed E-state index contributed by atoms with van der Waals surface area (Å²) in [5.74, 6) is -3.78. The zero-order valence-electron chi connectivity index (χ0n) is 10.2. The van der Waals surface area contributed by atoms with E-state index in [1.165, 1.54) is 0 Å². The van der Waals surface area contributed by atoms with E-state index in [1.54, 1.807) is 30.3 Å². The SMILES string of the molecule is O=C(CSC(F)(F)F)NCC(C(=O)O)c1ccccc1. The number of carbonyl (C=O) groups is 2. The van der Waals surface area contributed by atoms with Crippen LogP contribution in [0.4, 0.5) is 13.2 Å². The van der Waals surface area contributed by atoms with Crippen molar-refractivity contribution in [3.8, 4) is 0 Å². The van der Waals surface area contributed by atoms with Gasteiger partial charge in [-0.1, -0.05) is 30.3 Å². The van der Waals surface area contributed by atoms with Crippen molar-refractivity contribution in [2.75, 3.05) is 12.3 Å². The average Bonchev–Trinajstić information content (AvgIpc) is 2.36. The summed E-state index contributed by atoms with van der Waals surface area (Å²) in [7, 11) is 0. The van der Waals surface area contributed by atoms with Gasteiger partial charge in [0.2, 0.25) is 5.91 Å². The maximum Gasteiger partial charge on any atom is 0.442 e. The molecular weight excluding hydrogens is 295 g/mol. The molecule has 1 unspecified atom stereocenters. The van der Waals surface area contributed by atoms with Crippen LogP contribution in [-0.2, 0) is 9.59 Å². The van der Waals surface area contributed by atoms with Gasteiger partial charge in [0.25, 0.3) is 0 Å². The van der Waals surface area contributed by atoms with Crippen molar-refractivity contribution in [3.63, 3.8) is 0 Å². The third kappa shape index (κ3) is 5.96. The Morgan fingerprint density at radius 3 is 2.35 bits per heavy atom. The maximum absolute atomic E-state index is 11.9. The largest absolute Gasteiger partial charge is 0.481 e. The molecule has 0 saturated carbocycles. The average molecular weight is 307 g/mol. The molecule has 0 spiro atoms. The van der Waals surface area contributed by atoms with Gasteiger partial charge in [0.15, 0.2) is 0 Å². The lowest BCUT2D eigenvalue weighted by Gasteiger charge is -2.14. The summed E-state index contributed by atoms with van der Waals surface area (Å²) in [6.45, 7) is -0.253. The number of rotatable bonds is 6. The van der Waals surface area contributed by atoms with Gasteiger partial charge in [-0.15, -0.1) is 0 Å². The Balaban J connectivity index is 2.52. The van der Waals surface area contributed by atoms with Crippen LogP contribution in [0.15, 0.2) is 30.3 Å². The number of benzene rings is 1. The molecule has 8 heteroatoms. The van der Waals surface area contributed by atoms with Gasteiger partial charge >= 0.3 is 11.5 Å². The minimum Gasteiger partial charge on any atom is -0.481 e. The molecule has 0 fully saturated rings. The Hall–Kier alpha value is -1.70. The number of hydrogen-bond acceptors (Lipinski definition) is 3. The van der Waals surface area contributed by atoms with Crippen LogP contribution in [0.3, 0.4) is 0 Å². The fraction of sp³-hybridized carbons (Fsp3) is 0.333. The molecule has 0 bridgehead atoms. The lowest BCUT2D eigenvalue weighted by Crippen LogP contribution is -2.33. The highest BCUT2D eigenvalue weighted by Gasteiger charge is 2.29. The number of thioether (sulfide) groups is 1. The second-order valence-corrected chi connectivity index (χ2v) is 4.88. The molecule has 4 nitrogen and oxygen atoms in total. The Morgan fingerprint density at radius 1 is 1.25 bits per heavy atom. The number of nitrogens with one attached hydrogen (secondary N) is 1. The first-order valence-electron chi connectivity index (χ1n) is 5.54. The standard InChI is InChI=1S/C12H12F3NO3S/c13-12(14,15)20-7-10(17)16-6-9(11(18)19)8-4-2-1-3-5-8/h1-5,9H,6-7H2,(H,16,17)(H,18,19). The lowest BCUT2D eigenvalue weighted by atomic mass is 9.99. The zero-order chi connectivity index (χ0) is 15.2. The third-order valence-electron chi connectivity index (χ3n) is 2.37. The predicted molar refractivity (Wildman–Crippen MR) is 68.3 cm³/mol. The van der Waals surface area contributed by atoms with Crippen LogP contribution in [-0.4, -0.2) is 34.8 Å². The fourth-order valence-electron chi connectivity index (χ4n) is 1.45. The lowest BCUT2D eigenvalue weighted by molar-refractivity contribution is -0.138. The Morgan fingerprint density at radius 2 is 1.85 bits per heavy atom. The number of carboxylic acids is 1. The first kappa shape index (κ1) is 16.4. The van der Waals surface area contributed by atoms with Crippen LogP contribution in [0.2, 0.25) is 0 Å². The number of carbonyl (C=O) groups excluding carboxylic acids is 1. The van der Waals surface area contributed by atoms with Gasteiger partial charge in [-0.3, -0.25) is 9.59 Å². The Bertz CT molecular complexity index is 465. The molecule has 1 rings (SSSR count). The first-order chi connectivity index (χ1) is 9.29. The van der Waals surface area contributed by atoms with Crippen LogP contribution >= 0.6 is 11.8 Å². The smallest absolute Gasteiger partial charge is 0.442 e. The Kier molecular flexibility index (Phi) is 5.87. The molecule has 0 radical (unpaired) electrons. The molecule has 0 heterocycles. The topological polar surface area (TPSA) is 66.4 Å². The molecule has 0 aliphatic heterocycles. The molecule has 0 aromatic heterocycles. The summed E-state index contributed by atoms with van der Waals surface area (Å²) in [6.07, 6.45) is 0. The monoisotopic (exact) mass is 307 g/mol. The van der Waals surface area contributed by atoms with E-state index in [2.05, 4.69) is 5.32 Å². The van der Waals surface area contributed by atoms with E-state index in [9.17, 15) is 22.8 Å². The van der Waals surface area contributed by atoms with Gasteiger partial charge in [0.05, 0.1) is 11.7 Å². The summed E-state index contributed by atoms with van der Waals surface area (Å²) in [5.41, 5.74) is -4.01. The predicted octanol–water partition coefficient (Wildman–Crippen LogP) is 2.22. The van der Waals surface area contributed by atoms with E-state index in [-0.39, 0.29) is 6.54 Å². The number of carboxylic acid groups (broad SMARTS) is 1. The van der Waals surface area contributed by atoms with E-state index >= 15 is 0 Å². The molecule has 0 saturated heterocycles. The fourth-order valence-corrected chi connectivity index (χ4v) is 1.84. The first-order valence-corrected chi connectivity index (χ1v) is 6.53. The van der Waals surface area contributed by atoms with Gasteiger partial charge in [0, 0.05) is 6.54 Å². The number of hydrogen-bond donors (Lipinski definition) is 2. The molecule has 1 amide bonds. The third-order valence-corrected chi connectivity index (χ3v) is 3.10. The van der Waals surface area contributed by atoms with Crippen LogP contribution in [0, 0.1) is 0 Å². The highest BCUT2D eigenvalue weighted by Crippen LogP contribution is 2.29. The molecule has 110 valence electrons. The molecule has 1 aromatic carbocycles. The van der Waals surface area contributed by atoms with Crippen molar-refractivity contribution in [1.29, 1.82) is 0 Å². The highest BCUT2D eigenvalue weighted by atomic mass is 32.2. The summed E-state index contributed by atoms with van der Waals surface area (Å²) < 4.78 is 35.7. The van der Waals surface area contributed by atoms with E-state index in [0.717, 1.165) is 0 Å². The minimum absolute atomic E-state index is 0.253. The van der Waals surface area contributed by atoms with Crippen LogP contribution < -0.4 is 5.32 Å². The van der Waals surface area contributed by atoms with E-state index in [0.29, 0.717) is 5.56 Å². The van der Waals surface area contributed by atoms with Crippen molar-refractivity contribution in [2.45, 2.75) is 11.4 Å². The number of alkyl halides is 3. The molecule has 0 aliphatic rings. The van der Waals surface area contributed by atoms with Crippen molar-refractivity contribution in [2.24, 2.45) is 0 Å². The molecular formula is C12H12F3NO3S. The number of aliphatic carboxylic acids is 1. The summed E-state index contributed by atoms with van der Waals surface area (Å²) in [5, 5.41) is 11.3. The van der Waals surface area contributed by atoms with Crippen molar-refractivity contribution >= 4 is 23.6 Å². The highest BCUT2D eigenvalue weighted by molar-refractivity contribution is 8.00. The number of halogens is 3. The zero-order valence-corrected chi connectivity index (χ0v) is 11.0. The van der Waals surface area contributed by atoms with Gasteiger partial charge in [0.1, 0.15) is 0 Å². The normalized spacial score (nSPS) is 12.8. The summed E-state index contributed by atoms with van der Waals surface area (Å²) >= 11 is -0.462. The minimum atomic E-state index is -4.48. The molecule has 1 aromatic rings. The molecule has 1 atom stereocenters.